The van der Waals surface area contributed by atoms with Gasteiger partial charge < -0.3 is 4.55 Å². The maximum absolute atomic E-state index is 11.1. The summed E-state index contributed by atoms with van der Waals surface area (Å²) in [5.41, 5.74) is 1.76. The first-order valence-corrected chi connectivity index (χ1v) is 5.65. The van der Waals surface area contributed by atoms with Gasteiger partial charge in [-0.25, -0.2) is 4.21 Å². The molecule has 0 aliphatic carbocycles. The first-order chi connectivity index (χ1) is 7.29. The molecule has 1 N–H and O–H groups in total. The summed E-state index contributed by atoms with van der Waals surface area (Å²) in [4.78, 5) is 0.448. The Kier molecular flexibility index (Phi) is 2.94. The normalized spacial score (nSPS) is 12.3. The van der Waals surface area contributed by atoms with E-state index in [9.17, 15) is 4.21 Å². The minimum atomic E-state index is -1.94. The van der Waals surface area contributed by atoms with Crippen LogP contribution in [0.3, 0.4) is 0 Å². The Morgan fingerprint density at radius 2 is 1.47 bits per heavy atom. The molecule has 2 aromatic rings. The molecular formula is C12H10O2S. The average molecular weight is 218 g/mol. The van der Waals surface area contributed by atoms with Gasteiger partial charge in [0, 0.05) is 5.56 Å². The lowest BCUT2D eigenvalue weighted by Crippen LogP contribution is -1.91. The summed E-state index contributed by atoms with van der Waals surface area (Å²) in [5, 5.41) is 0. The molecule has 0 bridgehead atoms. The van der Waals surface area contributed by atoms with E-state index >= 15 is 0 Å². The van der Waals surface area contributed by atoms with E-state index in [0.717, 1.165) is 11.1 Å². The topological polar surface area (TPSA) is 37.3 Å². The molecule has 2 aromatic carbocycles. The molecule has 0 heterocycles. The number of hydrogen-bond acceptors (Lipinski definition) is 1. The summed E-state index contributed by atoms with van der Waals surface area (Å²) in [6, 6.07) is 16.7. The molecule has 3 heteroatoms. The van der Waals surface area contributed by atoms with Gasteiger partial charge in [-0.2, -0.15) is 0 Å². The van der Waals surface area contributed by atoms with Gasteiger partial charge in [-0.3, -0.25) is 0 Å². The summed E-state index contributed by atoms with van der Waals surface area (Å²) in [6.07, 6.45) is 0. The van der Waals surface area contributed by atoms with Crippen molar-refractivity contribution in [1.29, 1.82) is 0 Å². The van der Waals surface area contributed by atoms with Crippen LogP contribution in [0.15, 0.2) is 59.5 Å². The molecule has 1 atom stereocenters. The first-order valence-electron chi connectivity index (χ1n) is 4.54. The lowest BCUT2D eigenvalue weighted by Gasteiger charge is -2.05. The largest absolute Gasteiger partial charge is 0.302 e. The second kappa shape index (κ2) is 4.38. The van der Waals surface area contributed by atoms with E-state index in [1.54, 1.807) is 12.1 Å². The van der Waals surface area contributed by atoms with Crippen LogP contribution in [0.5, 0.6) is 0 Å². The highest BCUT2D eigenvalue weighted by Gasteiger charge is 2.07. The van der Waals surface area contributed by atoms with Crippen LogP contribution in [0.25, 0.3) is 11.1 Å². The summed E-state index contributed by atoms with van der Waals surface area (Å²) < 4.78 is 20.2. The van der Waals surface area contributed by atoms with Crippen LogP contribution in [-0.4, -0.2) is 8.76 Å². The fourth-order valence-corrected chi connectivity index (χ4v) is 2.04. The molecular weight excluding hydrogens is 208 g/mol. The van der Waals surface area contributed by atoms with Crippen molar-refractivity contribution in [2.75, 3.05) is 0 Å². The smallest absolute Gasteiger partial charge is 0.187 e. The quantitative estimate of drug-likeness (QED) is 0.787. The van der Waals surface area contributed by atoms with E-state index in [1.165, 1.54) is 0 Å². The third-order valence-corrected chi connectivity index (χ3v) is 2.89. The Balaban J connectivity index is 2.58. The number of rotatable bonds is 2. The molecule has 0 spiro atoms. The molecule has 0 aliphatic rings. The van der Waals surface area contributed by atoms with Crippen molar-refractivity contribution in [2.45, 2.75) is 4.90 Å². The Morgan fingerprint density at radius 3 is 2.13 bits per heavy atom. The fraction of sp³-hybridized carbons (Fsp3) is 0. The zero-order valence-electron chi connectivity index (χ0n) is 7.96. The average Bonchev–Trinajstić information content (AvgIpc) is 2.30. The van der Waals surface area contributed by atoms with Crippen molar-refractivity contribution in [2.24, 2.45) is 0 Å². The fourth-order valence-electron chi connectivity index (χ4n) is 1.48. The maximum Gasteiger partial charge on any atom is 0.187 e. The second-order valence-electron chi connectivity index (χ2n) is 3.11. The van der Waals surface area contributed by atoms with Crippen molar-refractivity contribution in [3.8, 4) is 11.1 Å². The predicted molar refractivity (Wildman–Crippen MR) is 60.9 cm³/mol. The third-order valence-electron chi connectivity index (χ3n) is 2.16. The number of hydrogen-bond donors (Lipinski definition) is 1. The van der Waals surface area contributed by atoms with Crippen LogP contribution in [0.1, 0.15) is 0 Å². The highest BCUT2D eigenvalue weighted by atomic mass is 32.2. The molecule has 0 saturated heterocycles. The molecule has 76 valence electrons. The molecule has 0 aliphatic heterocycles. The molecule has 0 radical (unpaired) electrons. The van der Waals surface area contributed by atoms with Crippen molar-refractivity contribution < 1.29 is 8.76 Å². The minimum absolute atomic E-state index is 0.448. The van der Waals surface area contributed by atoms with E-state index in [4.69, 9.17) is 4.55 Å². The standard InChI is InChI=1S/C12H10O2S/c13-15(14)12-9-5-4-8-11(12)10-6-2-1-3-7-10/h1-9H,(H,13,14). The van der Waals surface area contributed by atoms with Crippen molar-refractivity contribution in [3.63, 3.8) is 0 Å². The highest BCUT2D eigenvalue weighted by molar-refractivity contribution is 7.79. The van der Waals surface area contributed by atoms with Gasteiger partial charge >= 0.3 is 0 Å². The summed E-state index contributed by atoms with van der Waals surface area (Å²) >= 11 is -1.94. The molecule has 2 rings (SSSR count). The van der Waals surface area contributed by atoms with Crippen LogP contribution in [0.4, 0.5) is 0 Å². The molecule has 0 unspecified atom stereocenters. The van der Waals surface area contributed by atoms with Crippen molar-refractivity contribution in [1.82, 2.24) is 0 Å². The van der Waals surface area contributed by atoms with Crippen LogP contribution in [-0.2, 0) is 11.1 Å². The van der Waals surface area contributed by atoms with E-state index in [1.807, 2.05) is 42.5 Å². The van der Waals surface area contributed by atoms with Crippen LogP contribution < -0.4 is 0 Å². The Bertz CT molecular complexity index is 480. The van der Waals surface area contributed by atoms with E-state index < -0.39 is 11.1 Å². The SMILES string of the molecule is O=[S@](O)c1ccccc1-c1ccccc1. The van der Waals surface area contributed by atoms with Gasteiger partial charge in [-0.1, -0.05) is 48.5 Å². The Morgan fingerprint density at radius 1 is 0.867 bits per heavy atom. The minimum Gasteiger partial charge on any atom is -0.302 e. The molecule has 0 amide bonds. The summed E-state index contributed by atoms with van der Waals surface area (Å²) in [7, 11) is 0. The number of benzene rings is 2. The highest BCUT2D eigenvalue weighted by Crippen LogP contribution is 2.24. The lowest BCUT2D eigenvalue weighted by molar-refractivity contribution is 0.564. The van der Waals surface area contributed by atoms with Gasteiger partial charge in [-0.05, 0) is 11.6 Å². The third kappa shape index (κ3) is 2.14. The summed E-state index contributed by atoms with van der Waals surface area (Å²) in [6.45, 7) is 0. The van der Waals surface area contributed by atoms with Crippen LogP contribution in [0.2, 0.25) is 0 Å². The van der Waals surface area contributed by atoms with Crippen molar-refractivity contribution >= 4 is 11.1 Å². The maximum atomic E-state index is 11.1. The second-order valence-corrected chi connectivity index (χ2v) is 4.05. The van der Waals surface area contributed by atoms with Gasteiger partial charge in [0.15, 0.2) is 11.1 Å². The Hall–Kier alpha value is -1.45. The van der Waals surface area contributed by atoms with E-state index in [-0.39, 0.29) is 0 Å². The molecule has 0 saturated carbocycles. The monoisotopic (exact) mass is 218 g/mol. The van der Waals surface area contributed by atoms with Crippen LogP contribution >= 0.6 is 0 Å². The predicted octanol–water partition coefficient (Wildman–Crippen LogP) is 2.93. The van der Waals surface area contributed by atoms with Gasteiger partial charge in [0.1, 0.15) is 0 Å². The summed E-state index contributed by atoms with van der Waals surface area (Å²) in [5.74, 6) is 0. The molecule has 15 heavy (non-hydrogen) atoms. The van der Waals surface area contributed by atoms with Gasteiger partial charge in [0.05, 0.1) is 4.90 Å². The molecule has 0 fully saturated rings. The van der Waals surface area contributed by atoms with Gasteiger partial charge in [-0.15, -0.1) is 0 Å². The van der Waals surface area contributed by atoms with Gasteiger partial charge in [0.2, 0.25) is 0 Å². The van der Waals surface area contributed by atoms with E-state index in [0.29, 0.717) is 4.90 Å². The first kappa shape index (κ1) is 10.1. The van der Waals surface area contributed by atoms with Crippen molar-refractivity contribution in [3.05, 3.63) is 54.6 Å². The molecule has 0 aromatic heterocycles. The zero-order chi connectivity index (χ0) is 10.7. The van der Waals surface area contributed by atoms with E-state index in [2.05, 4.69) is 0 Å². The Labute approximate surface area is 90.9 Å². The van der Waals surface area contributed by atoms with Gasteiger partial charge in [0.25, 0.3) is 0 Å². The molecule has 2 nitrogen and oxygen atoms in total. The zero-order valence-corrected chi connectivity index (χ0v) is 8.78. The lowest BCUT2D eigenvalue weighted by atomic mass is 10.1. The van der Waals surface area contributed by atoms with Crippen LogP contribution in [0, 0.1) is 0 Å².